The average molecular weight is 368 g/mol. The Morgan fingerprint density at radius 3 is 2.54 bits per heavy atom. The van der Waals surface area contributed by atoms with Gasteiger partial charge in [-0.25, -0.2) is 0 Å². The van der Waals surface area contributed by atoms with Crippen LogP contribution in [-0.4, -0.2) is 23.4 Å². The Morgan fingerprint density at radius 1 is 1.11 bits per heavy atom. The Kier molecular flexibility index (Phi) is 4.39. The van der Waals surface area contributed by atoms with Crippen LogP contribution in [0.4, 0.5) is 5.69 Å². The van der Waals surface area contributed by atoms with Crippen molar-refractivity contribution in [3.05, 3.63) is 71.4 Å². The Hall–Kier alpha value is -3.19. The van der Waals surface area contributed by atoms with Gasteiger partial charge in [-0.15, -0.1) is 0 Å². The van der Waals surface area contributed by atoms with Gasteiger partial charge in [0.2, 0.25) is 0 Å². The van der Waals surface area contributed by atoms with Crippen molar-refractivity contribution in [3.63, 3.8) is 0 Å². The molecule has 0 radical (unpaired) electrons. The zero-order valence-electron chi connectivity index (χ0n) is 16.8. The number of amidine groups is 1. The van der Waals surface area contributed by atoms with Gasteiger partial charge in [0, 0.05) is 29.4 Å². The molecule has 4 rings (SSSR count). The van der Waals surface area contributed by atoms with Crippen LogP contribution in [0.15, 0.2) is 59.7 Å². The lowest BCUT2D eigenvalue weighted by molar-refractivity contribution is 0.337. The molecular weight excluding hydrogens is 344 g/mol. The largest absolute Gasteiger partial charge is 0.324 e. The van der Waals surface area contributed by atoms with E-state index >= 15 is 0 Å². The number of hydrogen-bond acceptors (Lipinski definition) is 4. The number of nitriles is 1. The third-order valence-corrected chi connectivity index (χ3v) is 5.32. The highest BCUT2D eigenvalue weighted by Gasteiger charge is 2.35. The number of nitrogens with zero attached hydrogens (tertiary/aromatic N) is 4. The third-order valence-electron chi connectivity index (χ3n) is 5.32. The molecule has 0 spiro atoms. The summed E-state index contributed by atoms with van der Waals surface area (Å²) in [6.45, 7) is 9.64. The topological polar surface area (TPSA) is 52.3 Å². The zero-order valence-corrected chi connectivity index (χ0v) is 16.8. The van der Waals surface area contributed by atoms with Gasteiger partial charge in [-0.3, -0.25) is 9.98 Å². The maximum absolute atomic E-state index is 9.19. The Bertz CT molecular complexity index is 1100. The summed E-state index contributed by atoms with van der Waals surface area (Å²) in [5, 5.41) is 10.2. The zero-order chi connectivity index (χ0) is 19.9. The van der Waals surface area contributed by atoms with Crippen LogP contribution in [-0.2, 0) is 0 Å². The number of aryl methyl sites for hydroxylation is 1. The van der Waals surface area contributed by atoms with Crippen molar-refractivity contribution in [1.82, 2.24) is 4.98 Å². The molecule has 1 atom stereocenters. The van der Waals surface area contributed by atoms with Gasteiger partial charge in [-0.05, 0) is 36.6 Å². The second-order valence-corrected chi connectivity index (χ2v) is 8.49. The second kappa shape index (κ2) is 6.76. The summed E-state index contributed by atoms with van der Waals surface area (Å²) >= 11 is 0. The van der Waals surface area contributed by atoms with Gasteiger partial charge in [0.05, 0.1) is 17.1 Å². The summed E-state index contributed by atoms with van der Waals surface area (Å²) in [5.41, 5.74) is 4.91. The normalized spacial score (nSPS) is 16.9. The van der Waals surface area contributed by atoms with Crippen LogP contribution in [0.25, 0.3) is 10.9 Å². The molecule has 2 aromatic carbocycles. The molecule has 0 amide bonds. The van der Waals surface area contributed by atoms with Crippen molar-refractivity contribution in [1.29, 1.82) is 5.26 Å². The molecule has 0 fully saturated rings. The molecule has 0 saturated carbocycles. The van der Waals surface area contributed by atoms with Gasteiger partial charge in [-0.2, -0.15) is 5.26 Å². The van der Waals surface area contributed by atoms with E-state index in [0.29, 0.717) is 5.56 Å². The lowest BCUT2D eigenvalue weighted by Crippen LogP contribution is -2.34. The molecule has 0 aliphatic carbocycles. The van der Waals surface area contributed by atoms with E-state index < -0.39 is 0 Å². The minimum atomic E-state index is 0.0662. The van der Waals surface area contributed by atoms with Gasteiger partial charge in [0.25, 0.3) is 0 Å². The minimum Gasteiger partial charge on any atom is -0.324 e. The monoisotopic (exact) mass is 368 g/mol. The summed E-state index contributed by atoms with van der Waals surface area (Å²) in [6, 6.07) is 18.9. The second-order valence-electron chi connectivity index (χ2n) is 8.49. The molecule has 28 heavy (non-hydrogen) atoms. The van der Waals surface area contributed by atoms with Gasteiger partial charge in [0.15, 0.2) is 0 Å². The first-order valence-electron chi connectivity index (χ1n) is 9.58. The number of hydrogen-bond donors (Lipinski definition) is 0. The first kappa shape index (κ1) is 18.2. The number of aromatic nitrogens is 1. The number of pyridine rings is 1. The predicted molar refractivity (Wildman–Crippen MR) is 115 cm³/mol. The van der Waals surface area contributed by atoms with Gasteiger partial charge >= 0.3 is 0 Å². The van der Waals surface area contributed by atoms with Gasteiger partial charge in [0.1, 0.15) is 11.9 Å². The molecule has 1 aliphatic rings. The van der Waals surface area contributed by atoms with Crippen LogP contribution in [0.1, 0.15) is 37.5 Å². The number of benzene rings is 2. The standard InChI is InChI=1S/C24H24N4/c1-16-8-10-19(11-9-16)28-15-21(24(2,3)4)27-23(28)20-7-5-6-18-12-17(13-25)14-26-22(18)20/h5-12,14,21H,15H2,1-4H3/t21-/m1/s1. The van der Waals surface area contributed by atoms with E-state index in [-0.39, 0.29) is 11.5 Å². The third kappa shape index (κ3) is 3.25. The lowest BCUT2D eigenvalue weighted by Gasteiger charge is -2.26. The highest BCUT2D eigenvalue weighted by atomic mass is 15.3. The Morgan fingerprint density at radius 2 is 1.86 bits per heavy atom. The van der Waals surface area contributed by atoms with E-state index in [2.05, 4.69) is 74.0 Å². The van der Waals surface area contributed by atoms with Crippen LogP contribution in [0.5, 0.6) is 0 Å². The maximum Gasteiger partial charge on any atom is 0.138 e. The Balaban J connectivity index is 1.87. The molecular formula is C24H24N4. The van der Waals surface area contributed by atoms with Crippen LogP contribution in [0.2, 0.25) is 0 Å². The molecule has 0 saturated heterocycles. The molecule has 140 valence electrons. The van der Waals surface area contributed by atoms with E-state index in [0.717, 1.165) is 34.5 Å². The van der Waals surface area contributed by atoms with Crippen molar-refractivity contribution in [2.75, 3.05) is 11.4 Å². The van der Waals surface area contributed by atoms with Crippen LogP contribution >= 0.6 is 0 Å². The molecule has 4 nitrogen and oxygen atoms in total. The number of aliphatic imine (C=N–C) groups is 1. The van der Waals surface area contributed by atoms with Gasteiger partial charge in [-0.1, -0.05) is 50.6 Å². The summed E-state index contributed by atoms with van der Waals surface area (Å²) in [4.78, 5) is 12.0. The summed E-state index contributed by atoms with van der Waals surface area (Å²) in [5.74, 6) is 0.951. The lowest BCUT2D eigenvalue weighted by atomic mass is 9.87. The summed E-state index contributed by atoms with van der Waals surface area (Å²) < 4.78 is 0. The maximum atomic E-state index is 9.19. The average Bonchev–Trinajstić information content (AvgIpc) is 3.13. The predicted octanol–water partition coefficient (Wildman–Crippen LogP) is 5.10. The fourth-order valence-corrected chi connectivity index (χ4v) is 3.55. The first-order valence-corrected chi connectivity index (χ1v) is 9.58. The molecule has 3 aromatic rings. The van der Waals surface area contributed by atoms with E-state index in [1.54, 1.807) is 6.20 Å². The quantitative estimate of drug-likeness (QED) is 0.632. The van der Waals surface area contributed by atoms with Crippen LogP contribution in [0.3, 0.4) is 0 Å². The highest BCUT2D eigenvalue weighted by molar-refractivity contribution is 6.17. The van der Waals surface area contributed by atoms with Crippen molar-refractivity contribution in [2.24, 2.45) is 10.4 Å². The van der Waals surface area contributed by atoms with E-state index in [4.69, 9.17) is 4.99 Å². The van der Waals surface area contributed by atoms with Crippen LogP contribution in [0, 0.1) is 23.7 Å². The van der Waals surface area contributed by atoms with Crippen molar-refractivity contribution < 1.29 is 0 Å². The van der Waals surface area contributed by atoms with Gasteiger partial charge < -0.3 is 4.90 Å². The SMILES string of the molecule is Cc1ccc(N2C[C@H](C(C)(C)C)N=C2c2cccc3cc(C#N)cnc23)cc1. The summed E-state index contributed by atoms with van der Waals surface area (Å²) in [6.07, 6.45) is 1.64. The minimum absolute atomic E-state index is 0.0662. The molecule has 4 heteroatoms. The first-order chi connectivity index (χ1) is 13.4. The van der Waals surface area contributed by atoms with E-state index in [9.17, 15) is 5.26 Å². The molecule has 1 aliphatic heterocycles. The van der Waals surface area contributed by atoms with Crippen molar-refractivity contribution in [3.8, 4) is 6.07 Å². The van der Waals surface area contributed by atoms with Crippen molar-refractivity contribution in [2.45, 2.75) is 33.7 Å². The molecule has 0 unspecified atom stereocenters. The highest BCUT2D eigenvalue weighted by Crippen LogP contribution is 2.33. The number of fused-ring (bicyclic) bond motifs is 1. The van der Waals surface area contributed by atoms with E-state index in [1.807, 2.05) is 18.2 Å². The molecule has 0 N–H and O–H groups in total. The number of para-hydroxylation sites is 1. The smallest absolute Gasteiger partial charge is 0.138 e. The molecule has 1 aromatic heterocycles. The summed E-state index contributed by atoms with van der Waals surface area (Å²) in [7, 11) is 0. The number of rotatable bonds is 2. The number of anilines is 1. The molecule has 0 bridgehead atoms. The molecule has 2 heterocycles. The van der Waals surface area contributed by atoms with Crippen LogP contribution < -0.4 is 4.90 Å². The fourth-order valence-electron chi connectivity index (χ4n) is 3.55. The fraction of sp³-hybridized carbons (Fsp3) is 0.292. The Labute approximate surface area is 166 Å². The van der Waals surface area contributed by atoms with Crippen molar-refractivity contribution >= 4 is 22.4 Å². The van der Waals surface area contributed by atoms with E-state index in [1.165, 1.54) is 5.56 Å².